The van der Waals surface area contributed by atoms with Crippen molar-refractivity contribution in [2.24, 2.45) is 0 Å². The summed E-state index contributed by atoms with van der Waals surface area (Å²) in [6.07, 6.45) is 0.714. The van der Waals surface area contributed by atoms with Gasteiger partial charge in [0.15, 0.2) is 5.58 Å². The Hall–Kier alpha value is -2.89. The van der Waals surface area contributed by atoms with Gasteiger partial charge in [0.2, 0.25) is 0 Å². The number of carbonyl (C=O) groups excluding carboxylic acids is 1. The summed E-state index contributed by atoms with van der Waals surface area (Å²) < 4.78 is 18.5. The van der Waals surface area contributed by atoms with E-state index in [1.54, 1.807) is 18.2 Å². The van der Waals surface area contributed by atoms with Crippen molar-refractivity contribution in [2.45, 2.75) is 6.42 Å². The van der Waals surface area contributed by atoms with Gasteiger partial charge in [-0.2, -0.15) is 4.98 Å². The maximum Gasteiger partial charge on any atom is 0.295 e. The highest BCUT2D eigenvalue weighted by Crippen LogP contribution is 2.19. The number of benzene rings is 2. The van der Waals surface area contributed by atoms with Crippen LogP contribution in [-0.4, -0.2) is 24.0 Å². The van der Waals surface area contributed by atoms with Gasteiger partial charge in [0, 0.05) is 24.7 Å². The molecule has 0 fully saturated rings. The van der Waals surface area contributed by atoms with E-state index in [-0.39, 0.29) is 11.7 Å². The lowest BCUT2D eigenvalue weighted by Crippen LogP contribution is -2.25. The van der Waals surface area contributed by atoms with E-state index in [9.17, 15) is 9.18 Å². The number of amides is 1. The fraction of sp³-hybridized carbons (Fsp3) is 0.176. The molecule has 1 amide bonds. The van der Waals surface area contributed by atoms with E-state index < -0.39 is 0 Å². The fourth-order valence-corrected chi connectivity index (χ4v) is 2.15. The molecule has 23 heavy (non-hydrogen) atoms. The summed E-state index contributed by atoms with van der Waals surface area (Å²) in [5.41, 5.74) is 1.65. The van der Waals surface area contributed by atoms with Crippen LogP contribution < -0.4 is 10.6 Å². The van der Waals surface area contributed by atoms with Crippen molar-refractivity contribution in [1.82, 2.24) is 10.3 Å². The molecule has 1 heterocycles. The molecule has 0 unspecified atom stereocenters. The van der Waals surface area contributed by atoms with E-state index in [2.05, 4.69) is 15.6 Å². The number of anilines is 1. The smallest absolute Gasteiger partial charge is 0.295 e. The van der Waals surface area contributed by atoms with Crippen molar-refractivity contribution in [3.8, 4) is 0 Å². The molecule has 2 N–H and O–H groups in total. The van der Waals surface area contributed by atoms with Crippen LogP contribution in [0.5, 0.6) is 0 Å². The topological polar surface area (TPSA) is 67.2 Å². The van der Waals surface area contributed by atoms with Gasteiger partial charge in [-0.25, -0.2) is 4.39 Å². The standard InChI is InChI=1S/C17H16FN3O2/c18-13-7-8-15-14(11-13)21-17(23-15)20-10-4-9-19-16(22)12-5-2-1-3-6-12/h1-3,5-8,11H,4,9-10H2,(H,19,22)(H,20,21). The van der Waals surface area contributed by atoms with Crippen molar-refractivity contribution in [3.05, 3.63) is 59.9 Å². The zero-order chi connectivity index (χ0) is 16.1. The average molecular weight is 313 g/mol. The molecule has 1 aromatic heterocycles. The lowest BCUT2D eigenvalue weighted by molar-refractivity contribution is 0.0953. The Morgan fingerprint density at radius 3 is 2.78 bits per heavy atom. The molecule has 0 saturated heterocycles. The Bertz CT molecular complexity index is 802. The normalized spacial score (nSPS) is 10.7. The lowest BCUT2D eigenvalue weighted by atomic mass is 10.2. The third-order valence-corrected chi connectivity index (χ3v) is 3.30. The third-order valence-electron chi connectivity index (χ3n) is 3.30. The van der Waals surface area contributed by atoms with Gasteiger partial charge in [-0.1, -0.05) is 18.2 Å². The van der Waals surface area contributed by atoms with Crippen molar-refractivity contribution in [1.29, 1.82) is 0 Å². The van der Waals surface area contributed by atoms with Crippen LogP contribution >= 0.6 is 0 Å². The molecule has 0 saturated carbocycles. The summed E-state index contributed by atoms with van der Waals surface area (Å²) in [5, 5.41) is 5.86. The van der Waals surface area contributed by atoms with Crippen LogP contribution in [0, 0.1) is 5.82 Å². The molecule has 5 nitrogen and oxygen atoms in total. The molecule has 3 aromatic rings. The summed E-state index contributed by atoms with van der Waals surface area (Å²) in [4.78, 5) is 16.0. The Balaban J connectivity index is 1.43. The summed E-state index contributed by atoms with van der Waals surface area (Å²) in [6, 6.07) is 13.6. The highest BCUT2D eigenvalue weighted by Gasteiger charge is 2.06. The lowest BCUT2D eigenvalue weighted by Gasteiger charge is -2.05. The minimum absolute atomic E-state index is 0.0945. The minimum atomic E-state index is -0.346. The van der Waals surface area contributed by atoms with Gasteiger partial charge in [-0.3, -0.25) is 4.79 Å². The molecule has 0 spiro atoms. The van der Waals surface area contributed by atoms with Crippen molar-refractivity contribution >= 4 is 23.0 Å². The van der Waals surface area contributed by atoms with Crippen molar-refractivity contribution in [3.63, 3.8) is 0 Å². The number of hydrogen-bond donors (Lipinski definition) is 2. The Labute approximate surface area is 132 Å². The third kappa shape index (κ3) is 3.85. The van der Waals surface area contributed by atoms with Gasteiger partial charge >= 0.3 is 0 Å². The zero-order valence-corrected chi connectivity index (χ0v) is 12.4. The van der Waals surface area contributed by atoms with E-state index >= 15 is 0 Å². The predicted molar refractivity (Wildman–Crippen MR) is 85.8 cm³/mol. The molecule has 0 aliphatic carbocycles. The van der Waals surface area contributed by atoms with Gasteiger partial charge in [-0.05, 0) is 30.7 Å². The number of nitrogens with zero attached hydrogens (tertiary/aromatic N) is 1. The highest BCUT2D eigenvalue weighted by molar-refractivity contribution is 5.94. The van der Waals surface area contributed by atoms with Crippen molar-refractivity contribution < 1.29 is 13.6 Å². The molecule has 2 aromatic carbocycles. The van der Waals surface area contributed by atoms with Crippen LogP contribution in [0.4, 0.5) is 10.4 Å². The van der Waals surface area contributed by atoms with Crippen LogP contribution in [0.3, 0.4) is 0 Å². The van der Waals surface area contributed by atoms with Gasteiger partial charge in [-0.15, -0.1) is 0 Å². The van der Waals surface area contributed by atoms with E-state index in [0.717, 1.165) is 0 Å². The molecular formula is C17H16FN3O2. The number of hydrogen-bond acceptors (Lipinski definition) is 4. The number of halogens is 1. The number of carbonyl (C=O) groups is 1. The molecule has 3 rings (SSSR count). The van der Waals surface area contributed by atoms with E-state index in [1.807, 2.05) is 18.2 Å². The molecule has 118 valence electrons. The molecule has 0 atom stereocenters. The summed E-state index contributed by atoms with van der Waals surface area (Å²) in [7, 11) is 0. The van der Waals surface area contributed by atoms with Gasteiger partial charge in [0.05, 0.1) is 0 Å². The maximum absolute atomic E-state index is 13.1. The van der Waals surface area contributed by atoms with Gasteiger partial charge in [0.1, 0.15) is 11.3 Å². The summed E-state index contributed by atoms with van der Waals surface area (Å²) >= 11 is 0. The number of rotatable bonds is 6. The monoisotopic (exact) mass is 313 g/mol. The first-order valence-electron chi connectivity index (χ1n) is 7.35. The second kappa shape index (κ2) is 6.91. The van der Waals surface area contributed by atoms with E-state index in [0.29, 0.717) is 42.2 Å². The number of oxazole rings is 1. The average Bonchev–Trinajstić information content (AvgIpc) is 2.97. The molecule has 0 bridgehead atoms. The summed E-state index contributed by atoms with van der Waals surface area (Å²) in [5.74, 6) is -0.441. The maximum atomic E-state index is 13.1. The first kappa shape index (κ1) is 15.0. The second-order valence-electron chi connectivity index (χ2n) is 5.03. The van der Waals surface area contributed by atoms with Crippen LogP contribution in [0.25, 0.3) is 11.1 Å². The number of fused-ring (bicyclic) bond motifs is 1. The Kier molecular flexibility index (Phi) is 4.52. The summed E-state index contributed by atoms with van der Waals surface area (Å²) in [6.45, 7) is 1.12. The SMILES string of the molecule is O=C(NCCCNc1nc2cc(F)ccc2o1)c1ccccc1. The Morgan fingerprint density at radius 2 is 1.96 bits per heavy atom. The van der Waals surface area contributed by atoms with Crippen LogP contribution in [0.2, 0.25) is 0 Å². The minimum Gasteiger partial charge on any atom is -0.424 e. The predicted octanol–water partition coefficient (Wildman–Crippen LogP) is 3.20. The fourth-order valence-electron chi connectivity index (χ4n) is 2.15. The zero-order valence-electron chi connectivity index (χ0n) is 12.4. The number of aromatic nitrogens is 1. The first-order valence-corrected chi connectivity index (χ1v) is 7.35. The second-order valence-corrected chi connectivity index (χ2v) is 5.03. The molecule has 0 aliphatic heterocycles. The molecule has 6 heteroatoms. The van der Waals surface area contributed by atoms with Gasteiger partial charge in [0.25, 0.3) is 11.9 Å². The van der Waals surface area contributed by atoms with Gasteiger partial charge < -0.3 is 15.1 Å². The Morgan fingerprint density at radius 1 is 1.13 bits per heavy atom. The highest BCUT2D eigenvalue weighted by atomic mass is 19.1. The quantitative estimate of drug-likeness (QED) is 0.686. The largest absolute Gasteiger partial charge is 0.424 e. The van der Waals surface area contributed by atoms with E-state index in [1.165, 1.54) is 12.1 Å². The van der Waals surface area contributed by atoms with E-state index in [4.69, 9.17) is 4.42 Å². The molecule has 0 aliphatic rings. The van der Waals surface area contributed by atoms with Crippen molar-refractivity contribution in [2.75, 3.05) is 18.4 Å². The first-order chi connectivity index (χ1) is 11.2. The van der Waals surface area contributed by atoms with Crippen LogP contribution in [0.15, 0.2) is 52.9 Å². The van der Waals surface area contributed by atoms with Crippen LogP contribution in [0.1, 0.15) is 16.8 Å². The molecular weight excluding hydrogens is 297 g/mol. The number of nitrogens with one attached hydrogen (secondary N) is 2. The van der Waals surface area contributed by atoms with Crippen LogP contribution in [-0.2, 0) is 0 Å². The molecule has 0 radical (unpaired) electrons.